The average molecular weight is 332 g/mol. The molecule has 5 nitrogen and oxygen atoms in total. The first-order valence-electron chi connectivity index (χ1n) is 7.54. The second kappa shape index (κ2) is 7.89. The minimum absolute atomic E-state index is 0.142. The molecule has 1 aromatic carbocycles. The van der Waals surface area contributed by atoms with Gasteiger partial charge in [-0.15, -0.1) is 11.3 Å². The standard InChI is InChI=1S/C17H21N3O2S/c1-11(2)15(12-6-4-3-5-7-12)19-10-14(21)20-17-13(16(18)22)8-9-23-17/h3-9,11,15,19H,10H2,1-2H3,(H2,18,22)(H,20,21)/p+1/t15-/m0/s1. The molecule has 0 unspecified atom stereocenters. The van der Waals surface area contributed by atoms with Crippen LogP contribution < -0.4 is 16.4 Å². The number of benzene rings is 1. The predicted molar refractivity (Wildman–Crippen MR) is 92.3 cm³/mol. The van der Waals surface area contributed by atoms with Crippen molar-refractivity contribution in [2.45, 2.75) is 19.9 Å². The van der Waals surface area contributed by atoms with E-state index in [4.69, 9.17) is 5.73 Å². The lowest BCUT2D eigenvalue weighted by molar-refractivity contribution is -0.692. The van der Waals surface area contributed by atoms with Crippen molar-refractivity contribution in [3.63, 3.8) is 0 Å². The summed E-state index contributed by atoms with van der Waals surface area (Å²) in [5.74, 6) is -0.278. The summed E-state index contributed by atoms with van der Waals surface area (Å²) in [7, 11) is 0. The van der Waals surface area contributed by atoms with Crippen LogP contribution in [0, 0.1) is 5.92 Å². The number of quaternary nitrogens is 1. The molecular weight excluding hydrogens is 310 g/mol. The Kier molecular flexibility index (Phi) is 5.90. The minimum atomic E-state index is -0.533. The zero-order valence-electron chi connectivity index (χ0n) is 13.3. The van der Waals surface area contributed by atoms with E-state index in [2.05, 4.69) is 31.3 Å². The molecule has 0 aliphatic rings. The van der Waals surface area contributed by atoms with Gasteiger partial charge in [-0.2, -0.15) is 0 Å². The van der Waals surface area contributed by atoms with E-state index in [1.807, 2.05) is 23.5 Å². The summed E-state index contributed by atoms with van der Waals surface area (Å²) in [6.45, 7) is 4.56. The summed E-state index contributed by atoms with van der Waals surface area (Å²) < 4.78 is 0. The Hall–Kier alpha value is -2.18. The van der Waals surface area contributed by atoms with Gasteiger partial charge in [0, 0.05) is 11.5 Å². The van der Waals surface area contributed by atoms with Crippen LogP contribution in [0.4, 0.5) is 5.00 Å². The van der Waals surface area contributed by atoms with Crippen molar-refractivity contribution in [1.82, 2.24) is 0 Å². The molecular formula is C17H22N3O2S+. The van der Waals surface area contributed by atoms with Crippen molar-refractivity contribution in [3.05, 3.63) is 52.9 Å². The van der Waals surface area contributed by atoms with Gasteiger partial charge in [-0.05, 0) is 11.4 Å². The van der Waals surface area contributed by atoms with Gasteiger partial charge in [-0.1, -0.05) is 44.2 Å². The van der Waals surface area contributed by atoms with Crippen LogP contribution in [0.15, 0.2) is 41.8 Å². The summed E-state index contributed by atoms with van der Waals surface area (Å²) in [4.78, 5) is 23.4. The van der Waals surface area contributed by atoms with E-state index in [1.54, 1.807) is 11.4 Å². The number of amides is 2. The molecule has 1 atom stereocenters. The van der Waals surface area contributed by atoms with Gasteiger partial charge in [0.2, 0.25) is 0 Å². The molecule has 0 aliphatic carbocycles. The number of anilines is 1. The van der Waals surface area contributed by atoms with E-state index in [1.165, 1.54) is 16.9 Å². The highest BCUT2D eigenvalue weighted by molar-refractivity contribution is 7.14. The van der Waals surface area contributed by atoms with Crippen LogP contribution in [0.5, 0.6) is 0 Å². The van der Waals surface area contributed by atoms with Crippen molar-refractivity contribution in [2.24, 2.45) is 11.7 Å². The molecule has 2 aromatic rings. The fourth-order valence-electron chi connectivity index (χ4n) is 2.48. The van der Waals surface area contributed by atoms with E-state index in [9.17, 15) is 9.59 Å². The third-order valence-corrected chi connectivity index (χ3v) is 4.47. The van der Waals surface area contributed by atoms with Crippen LogP contribution >= 0.6 is 11.3 Å². The highest BCUT2D eigenvalue weighted by atomic mass is 32.1. The van der Waals surface area contributed by atoms with E-state index in [0.717, 1.165) is 0 Å². The van der Waals surface area contributed by atoms with Gasteiger partial charge in [0.05, 0.1) is 5.56 Å². The number of carbonyl (C=O) groups excluding carboxylic acids is 2. The smallest absolute Gasteiger partial charge is 0.280 e. The Morgan fingerprint density at radius 3 is 2.52 bits per heavy atom. The number of thiophene rings is 1. The molecule has 1 aromatic heterocycles. The molecule has 0 saturated carbocycles. The number of nitrogens with one attached hydrogen (secondary N) is 1. The molecule has 0 radical (unpaired) electrons. The van der Waals surface area contributed by atoms with E-state index in [-0.39, 0.29) is 18.5 Å². The molecule has 0 saturated heterocycles. The number of primary amides is 1. The molecule has 6 heteroatoms. The third kappa shape index (κ3) is 4.64. The van der Waals surface area contributed by atoms with E-state index >= 15 is 0 Å². The molecule has 1 heterocycles. The van der Waals surface area contributed by atoms with Crippen LogP contribution in [-0.4, -0.2) is 18.4 Å². The summed E-state index contributed by atoms with van der Waals surface area (Å²) in [5, 5.41) is 7.03. The lowest BCUT2D eigenvalue weighted by atomic mass is 9.96. The maximum absolute atomic E-state index is 12.2. The molecule has 23 heavy (non-hydrogen) atoms. The fourth-order valence-corrected chi connectivity index (χ4v) is 3.29. The molecule has 2 rings (SSSR count). The van der Waals surface area contributed by atoms with Gasteiger partial charge in [-0.25, -0.2) is 0 Å². The Morgan fingerprint density at radius 2 is 1.91 bits per heavy atom. The van der Waals surface area contributed by atoms with Gasteiger partial charge in [0.25, 0.3) is 11.8 Å². The molecule has 2 amide bonds. The Morgan fingerprint density at radius 1 is 1.22 bits per heavy atom. The van der Waals surface area contributed by atoms with Crippen LogP contribution in [0.3, 0.4) is 0 Å². The summed E-state index contributed by atoms with van der Waals surface area (Å²) in [6, 6.07) is 12.0. The van der Waals surface area contributed by atoms with Crippen LogP contribution in [0.2, 0.25) is 0 Å². The number of carbonyl (C=O) groups is 2. The Labute approximate surface area is 139 Å². The molecule has 0 fully saturated rings. The number of rotatable bonds is 7. The quantitative estimate of drug-likeness (QED) is 0.721. The molecule has 0 spiro atoms. The minimum Gasteiger partial charge on any atom is -0.366 e. The maximum Gasteiger partial charge on any atom is 0.280 e. The Balaban J connectivity index is 1.97. The highest BCUT2D eigenvalue weighted by Crippen LogP contribution is 2.22. The topological polar surface area (TPSA) is 88.8 Å². The zero-order chi connectivity index (χ0) is 16.8. The normalized spacial score (nSPS) is 12.1. The first-order chi connectivity index (χ1) is 11.0. The lowest BCUT2D eigenvalue weighted by Crippen LogP contribution is -2.88. The lowest BCUT2D eigenvalue weighted by Gasteiger charge is -2.19. The SMILES string of the molecule is CC(C)[C@H]([NH2+]CC(=O)Nc1sccc1C(N)=O)c1ccccc1. The van der Waals surface area contributed by atoms with E-state index in [0.29, 0.717) is 16.5 Å². The zero-order valence-corrected chi connectivity index (χ0v) is 14.1. The largest absolute Gasteiger partial charge is 0.366 e. The van der Waals surface area contributed by atoms with Crippen LogP contribution in [0.1, 0.15) is 35.8 Å². The molecule has 0 aliphatic heterocycles. The van der Waals surface area contributed by atoms with Crippen molar-refractivity contribution in [3.8, 4) is 0 Å². The molecule has 122 valence electrons. The molecule has 5 N–H and O–H groups in total. The summed E-state index contributed by atoms with van der Waals surface area (Å²) >= 11 is 1.30. The van der Waals surface area contributed by atoms with Crippen molar-refractivity contribution in [1.29, 1.82) is 0 Å². The second-order valence-electron chi connectivity index (χ2n) is 5.70. The van der Waals surface area contributed by atoms with Gasteiger partial charge in [0.15, 0.2) is 6.54 Å². The summed E-state index contributed by atoms with van der Waals surface area (Å²) in [5.41, 5.74) is 6.83. The van der Waals surface area contributed by atoms with Gasteiger partial charge in [-0.3, -0.25) is 9.59 Å². The number of nitrogens with two attached hydrogens (primary N) is 2. The monoisotopic (exact) mass is 332 g/mol. The second-order valence-corrected chi connectivity index (χ2v) is 6.61. The van der Waals surface area contributed by atoms with E-state index < -0.39 is 5.91 Å². The van der Waals surface area contributed by atoms with Crippen molar-refractivity contribution in [2.75, 3.05) is 11.9 Å². The third-order valence-electron chi connectivity index (χ3n) is 3.64. The first-order valence-corrected chi connectivity index (χ1v) is 8.42. The van der Waals surface area contributed by atoms with Crippen molar-refractivity contribution < 1.29 is 14.9 Å². The highest BCUT2D eigenvalue weighted by Gasteiger charge is 2.21. The fraction of sp³-hybridized carbons (Fsp3) is 0.294. The Bertz CT molecular complexity index is 667. The average Bonchev–Trinajstić information content (AvgIpc) is 2.96. The predicted octanol–water partition coefficient (Wildman–Crippen LogP) is 1.75. The van der Waals surface area contributed by atoms with Gasteiger partial charge in [0.1, 0.15) is 11.0 Å². The van der Waals surface area contributed by atoms with Crippen LogP contribution in [-0.2, 0) is 4.79 Å². The maximum atomic E-state index is 12.2. The van der Waals surface area contributed by atoms with Crippen molar-refractivity contribution >= 4 is 28.2 Å². The first kappa shape index (κ1) is 17.2. The van der Waals surface area contributed by atoms with Gasteiger partial charge < -0.3 is 16.4 Å². The summed E-state index contributed by atoms with van der Waals surface area (Å²) in [6.07, 6.45) is 0. The number of hydrogen-bond donors (Lipinski definition) is 3. The van der Waals surface area contributed by atoms with Gasteiger partial charge >= 0.3 is 0 Å². The number of hydrogen-bond acceptors (Lipinski definition) is 3. The molecule has 0 bridgehead atoms. The van der Waals surface area contributed by atoms with Crippen LogP contribution in [0.25, 0.3) is 0 Å².